The molecule has 3 rings (SSSR count). The van der Waals surface area contributed by atoms with Crippen molar-refractivity contribution in [2.24, 2.45) is 23.2 Å². The van der Waals surface area contributed by atoms with Crippen molar-refractivity contribution in [2.75, 3.05) is 0 Å². The lowest BCUT2D eigenvalue weighted by Crippen LogP contribution is -2.41. The van der Waals surface area contributed by atoms with Gasteiger partial charge >= 0.3 is 0 Å². The first-order chi connectivity index (χ1) is 14.0. The van der Waals surface area contributed by atoms with Gasteiger partial charge in [0.25, 0.3) is 0 Å². The van der Waals surface area contributed by atoms with Crippen LogP contribution in [-0.4, -0.2) is 44.3 Å². The third-order valence-electron chi connectivity index (χ3n) is 8.44. The highest BCUT2D eigenvalue weighted by atomic mass is 16.4. The summed E-state index contributed by atoms with van der Waals surface area (Å²) in [4.78, 5) is 0. The van der Waals surface area contributed by atoms with Crippen LogP contribution in [0.1, 0.15) is 91.9 Å². The monoisotopic (exact) mass is 420 g/mol. The normalized spacial score (nSPS) is 39.8. The lowest BCUT2D eigenvalue weighted by Gasteiger charge is -2.44. The molecular formula is C26H44O4. The van der Waals surface area contributed by atoms with Gasteiger partial charge < -0.3 is 20.4 Å². The zero-order valence-electron chi connectivity index (χ0n) is 19.5. The SMILES string of the molecule is C[C@H](CCCC(C)(C)O)[C@H]1CC[C@H]2/C(=C\C=C3C[C@@H](O)C(O)[C@H](O)C3)CCC[C@]12C. The molecular weight excluding hydrogens is 376 g/mol. The van der Waals surface area contributed by atoms with E-state index in [1.165, 1.54) is 37.7 Å². The molecule has 6 atom stereocenters. The van der Waals surface area contributed by atoms with Crippen molar-refractivity contribution in [3.63, 3.8) is 0 Å². The molecule has 3 aliphatic rings. The maximum Gasteiger partial charge on any atom is 0.106 e. The Morgan fingerprint density at radius 3 is 2.40 bits per heavy atom. The van der Waals surface area contributed by atoms with Crippen LogP contribution in [0, 0.1) is 23.2 Å². The summed E-state index contributed by atoms with van der Waals surface area (Å²) in [6, 6.07) is 0. The van der Waals surface area contributed by atoms with Crippen LogP contribution in [0.3, 0.4) is 0 Å². The summed E-state index contributed by atoms with van der Waals surface area (Å²) in [6.07, 6.45) is 11.9. The van der Waals surface area contributed by atoms with Crippen molar-refractivity contribution >= 4 is 0 Å². The first kappa shape index (κ1) is 24.0. The molecule has 0 radical (unpaired) electrons. The van der Waals surface area contributed by atoms with Gasteiger partial charge in [-0.05, 0) is 88.4 Å². The Bertz CT molecular complexity index is 632. The molecule has 0 aliphatic heterocycles. The number of fused-ring (bicyclic) bond motifs is 1. The first-order valence-corrected chi connectivity index (χ1v) is 12.2. The molecule has 3 fully saturated rings. The molecule has 0 aromatic heterocycles. The van der Waals surface area contributed by atoms with Gasteiger partial charge in [0, 0.05) is 0 Å². The van der Waals surface area contributed by atoms with Gasteiger partial charge in [0.05, 0.1) is 17.8 Å². The highest BCUT2D eigenvalue weighted by Gasteiger charge is 2.50. The van der Waals surface area contributed by atoms with Gasteiger partial charge in [-0.1, -0.05) is 50.0 Å². The second-order valence-electron chi connectivity index (χ2n) is 11.4. The van der Waals surface area contributed by atoms with Crippen molar-refractivity contribution in [2.45, 2.75) is 116 Å². The summed E-state index contributed by atoms with van der Waals surface area (Å²) >= 11 is 0. The summed E-state index contributed by atoms with van der Waals surface area (Å²) in [5.74, 6) is 2.06. The van der Waals surface area contributed by atoms with Crippen LogP contribution in [0.2, 0.25) is 0 Å². The van der Waals surface area contributed by atoms with Gasteiger partial charge in [-0.25, -0.2) is 0 Å². The Balaban J connectivity index is 1.67. The fraction of sp³-hybridized carbons (Fsp3) is 0.846. The zero-order chi connectivity index (χ0) is 22.1. The van der Waals surface area contributed by atoms with E-state index in [2.05, 4.69) is 26.0 Å². The molecule has 4 heteroatoms. The van der Waals surface area contributed by atoms with Crippen molar-refractivity contribution in [3.05, 3.63) is 23.3 Å². The van der Waals surface area contributed by atoms with Crippen LogP contribution in [0.4, 0.5) is 0 Å². The predicted octanol–water partition coefficient (Wildman–Crippen LogP) is 4.51. The second-order valence-corrected chi connectivity index (χ2v) is 11.4. The summed E-state index contributed by atoms with van der Waals surface area (Å²) in [6.45, 7) is 8.73. The van der Waals surface area contributed by atoms with Gasteiger partial charge in [-0.3, -0.25) is 0 Å². The number of hydrogen-bond acceptors (Lipinski definition) is 4. The summed E-state index contributed by atoms with van der Waals surface area (Å²) in [7, 11) is 0. The molecule has 0 aromatic rings. The molecule has 0 amide bonds. The van der Waals surface area contributed by atoms with E-state index in [1.54, 1.807) is 0 Å². The fourth-order valence-electron chi connectivity index (χ4n) is 6.75. The molecule has 3 aliphatic carbocycles. The van der Waals surface area contributed by atoms with Crippen LogP contribution in [0.25, 0.3) is 0 Å². The average molecular weight is 421 g/mol. The molecule has 172 valence electrons. The number of aliphatic hydroxyl groups excluding tert-OH is 3. The quantitative estimate of drug-likeness (QED) is 0.510. The van der Waals surface area contributed by atoms with Crippen molar-refractivity contribution in [3.8, 4) is 0 Å². The van der Waals surface area contributed by atoms with Gasteiger partial charge in [-0.2, -0.15) is 0 Å². The van der Waals surface area contributed by atoms with E-state index < -0.39 is 23.9 Å². The minimum atomic E-state index is -1.03. The molecule has 30 heavy (non-hydrogen) atoms. The smallest absolute Gasteiger partial charge is 0.106 e. The Hall–Kier alpha value is -0.680. The van der Waals surface area contributed by atoms with E-state index in [0.29, 0.717) is 30.1 Å². The van der Waals surface area contributed by atoms with E-state index in [9.17, 15) is 20.4 Å². The highest BCUT2D eigenvalue weighted by molar-refractivity contribution is 5.26. The molecule has 0 heterocycles. The Labute approximate surface area is 183 Å². The molecule has 0 aromatic carbocycles. The van der Waals surface area contributed by atoms with Crippen LogP contribution in [-0.2, 0) is 0 Å². The van der Waals surface area contributed by atoms with Gasteiger partial charge in [-0.15, -0.1) is 0 Å². The van der Waals surface area contributed by atoms with E-state index in [0.717, 1.165) is 30.8 Å². The van der Waals surface area contributed by atoms with Crippen LogP contribution < -0.4 is 0 Å². The fourth-order valence-corrected chi connectivity index (χ4v) is 6.75. The van der Waals surface area contributed by atoms with Crippen molar-refractivity contribution in [1.29, 1.82) is 0 Å². The predicted molar refractivity (Wildman–Crippen MR) is 121 cm³/mol. The lowest BCUT2D eigenvalue weighted by molar-refractivity contribution is -0.0713. The third kappa shape index (κ3) is 5.38. The maximum atomic E-state index is 10.0. The van der Waals surface area contributed by atoms with E-state index in [-0.39, 0.29) is 0 Å². The minimum Gasteiger partial charge on any atom is -0.390 e. The number of aliphatic hydroxyl groups is 4. The average Bonchev–Trinajstić information content (AvgIpc) is 3.00. The van der Waals surface area contributed by atoms with Crippen molar-refractivity contribution < 1.29 is 20.4 Å². The third-order valence-corrected chi connectivity index (χ3v) is 8.44. The Morgan fingerprint density at radius 1 is 1.10 bits per heavy atom. The largest absolute Gasteiger partial charge is 0.390 e. The number of rotatable bonds is 6. The molecule has 0 saturated heterocycles. The second kappa shape index (κ2) is 9.44. The molecule has 3 saturated carbocycles. The molecule has 0 unspecified atom stereocenters. The summed E-state index contributed by atoms with van der Waals surface area (Å²) in [5, 5.41) is 39.7. The van der Waals surface area contributed by atoms with Crippen LogP contribution in [0.5, 0.6) is 0 Å². The molecule has 4 N–H and O–H groups in total. The van der Waals surface area contributed by atoms with Crippen molar-refractivity contribution in [1.82, 2.24) is 0 Å². The van der Waals surface area contributed by atoms with Gasteiger partial charge in [0.2, 0.25) is 0 Å². The van der Waals surface area contributed by atoms with E-state index in [1.807, 2.05) is 13.8 Å². The van der Waals surface area contributed by atoms with Crippen LogP contribution in [0.15, 0.2) is 23.3 Å². The topological polar surface area (TPSA) is 80.9 Å². The Morgan fingerprint density at radius 2 is 1.77 bits per heavy atom. The molecule has 4 nitrogen and oxygen atoms in total. The Kier molecular flexibility index (Phi) is 7.54. The highest BCUT2D eigenvalue weighted by Crippen LogP contribution is 2.59. The molecule has 0 spiro atoms. The lowest BCUT2D eigenvalue weighted by atomic mass is 9.60. The minimum absolute atomic E-state index is 0.360. The maximum absolute atomic E-state index is 10.0. The number of hydrogen-bond donors (Lipinski definition) is 4. The summed E-state index contributed by atoms with van der Waals surface area (Å²) in [5.41, 5.74) is 2.37. The van der Waals surface area contributed by atoms with Gasteiger partial charge in [0.1, 0.15) is 6.10 Å². The van der Waals surface area contributed by atoms with E-state index >= 15 is 0 Å². The standard InChI is InChI=1S/C26H44O4/c1-17(7-5-13-25(2,3)30)20-11-12-21-19(8-6-14-26(20,21)4)10-9-18-15-22(27)24(29)23(28)16-18/h9-10,17,20-24,27-30H,5-8,11-16H2,1-4H3/b18-9?,19-10-/t17-,20-,21+,22-,23-,24?,26-/m1/s1. The van der Waals surface area contributed by atoms with Crippen LogP contribution >= 0.6 is 0 Å². The summed E-state index contributed by atoms with van der Waals surface area (Å²) < 4.78 is 0. The van der Waals surface area contributed by atoms with Gasteiger partial charge in [0.15, 0.2) is 0 Å². The first-order valence-electron chi connectivity index (χ1n) is 12.2. The number of allylic oxidation sites excluding steroid dienone is 3. The zero-order valence-corrected chi connectivity index (χ0v) is 19.5. The molecule has 0 bridgehead atoms. The van der Waals surface area contributed by atoms with E-state index in [4.69, 9.17) is 0 Å².